The lowest BCUT2D eigenvalue weighted by molar-refractivity contribution is -0.690. The molecule has 33 heavy (non-hydrogen) atoms. The first-order valence-corrected chi connectivity index (χ1v) is 11.8. The number of rotatable bonds is 6. The topological polar surface area (TPSA) is 133 Å². The Morgan fingerprint density at radius 1 is 1.39 bits per heavy atom. The summed E-state index contributed by atoms with van der Waals surface area (Å²) in [7, 11) is 0. The fraction of sp³-hybridized carbons (Fsp3) is 0.640. The van der Waals surface area contributed by atoms with Crippen LogP contribution in [0.2, 0.25) is 0 Å². The number of ether oxygens (including phenoxy) is 1. The summed E-state index contributed by atoms with van der Waals surface area (Å²) in [6.45, 7) is 7.81. The number of aliphatic carboxylic acids is 2. The second-order valence-corrected chi connectivity index (χ2v) is 10.00. The van der Waals surface area contributed by atoms with Gasteiger partial charge in [0.1, 0.15) is 17.8 Å². The smallest absolute Gasteiger partial charge is 0.351 e. The number of nitrogens with two attached hydrogens (primary N) is 1. The Morgan fingerprint density at radius 2 is 2.12 bits per heavy atom. The zero-order chi connectivity index (χ0) is 24.2. The molecule has 182 valence electrons. The maximum atomic E-state index is 12.6. The second-order valence-electron chi connectivity index (χ2n) is 10.00. The van der Waals surface area contributed by atoms with E-state index in [2.05, 4.69) is 32.2 Å². The van der Waals surface area contributed by atoms with Gasteiger partial charge < -0.3 is 29.5 Å². The number of carboxylic acid groups (broad SMARTS) is 2. The predicted octanol–water partition coefficient (Wildman–Crippen LogP) is 1.30. The number of furan rings is 1. The molecule has 8 nitrogen and oxygen atoms in total. The minimum atomic E-state index is -2.07. The van der Waals surface area contributed by atoms with Crippen LogP contribution in [0.15, 0.2) is 34.5 Å². The van der Waals surface area contributed by atoms with Crippen molar-refractivity contribution in [2.75, 3.05) is 6.54 Å². The van der Waals surface area contributed by atoms with Crippen LogP contribution in [-0.2, 0) is 25.5 Å². The van der Waals surface area contributed by atoms with Crippen LogP contribution < -0.4 is 10.4 Å². The first-order chi connectivity index (χ1) is 15.6. The van der Waals surface area contributed by atoms with E-state index in [-0.39, 0.29) is 29.3 Å². The highest BCUT2D eigenvalue weighted by atomic mass is 16.6. The molecule has 3 N–H and O–H groups in total. The molecule has 6 unspecified atom stereocenters. The van der Waals surface area contributed by atoms with Crippen LogP contribution in [0.25, 0.3) is 0 Å². The highest BCUT2D eigenvalue weighted by Crippen LogP contribution is 2.53. The van der Waals surface area contributed by atoms with Gasteiger partial charge in [-0.1, -0.05) is 31.9 Å². The van der Waals surface area contributed by atoms with E-state index in [0.717, 1.165) is 31.6 Å². The van der Waals surface area contributed by atoms with Crippen LogP contribution in [0.3, 0.4) is 0 Å². The maximum Gasteiger partial charge on any atom is 0.351 e. The Balaban J connectivity index is 0.000000454. The molecule has 0 bridgehead atoms. The third-order valence-electron chi connectivity index (χ3n) is 7.47. The summed E-state index contributed by atoms with van der Waals surface area (Å²) in [6.07, 6.45) is 11.1. The zero-order valence-corrected chi connectivity index (χ0v) is 19.6. The van der Waals surface area contributed by atoms with Gasteiger partial charge in [0.05, 0.1) is 18.8 Å². The van der Waals surface area contributed by atoms with Gasteiger partial charge in [0.15, 0.2) is 5.97 Å². The van der Waals surface area contributed by atoms with Crippen LogP contribution in [0.1, 0.15) is 58.6 Å². The Labute approximate surface area is 194 Å². The number of carboxylic acids is 2. The molecule has 1 aromatic rings. The standard InChI is InChI=1S/C23H33NO3.C2H2O4/c1-15-6-4-10-23(3)13-21-18(12-20(15)23)19(22(25)27-21)14-24-16(2)8-9-17-7-5-11-26-17;3-1(4)2(5)6/h5,7,11-12,15-16,18-19,21,24H,4,6,8-10,13-14H2,1-3H3;(H,3,4)(H,5,6). The average Bonchev–Trinajstić information content (AvgIpc) is 3.36. The van der Waals surface area contributed by atoms with Gasteiger partial charge in [0.25, 0.3) is 0 Å². The van der Waals surface area contributed by atoms with Crippen molar-refractivity contribution in [3.8, 4) is 0 Å². The van der Waals surface area contributed by atoms with Crippen molar-refractivity contribution in [2.24, 2.45) is 23.2 Å². The van der Waals surface area contributed by atoms with Crippen molar-refractivity contribution < 1.29 is 39.1 Å². The van der Waals surface area contributed by atoms with Gasteiger partial charge >= 0.3 is 11.9 Å². The second kappa shape index (κ2) is 10.5. The monoisotopic (exact) mass is 461 g/mol. The summed E-state index contributed by atoms with van der Waals surface area (Å²) in [5, 5.41) is 18.6. The molecular formula is C25H35NO7. The molecule has 8 heteroatoms. The minimum absolute atomic E-state index is 0.00670. The normalized spacial score (nSPS) is 31.2. The van der Waals surface area contributed by atoms with E-state index in [1.54, 1.807) is 11.8 Å². The van der Waals surface area contributed by atoms with Gasteiger partial charge in [-0.2, -0.15) is 0 Å². The Kier molecular flexibility index (Phi) is 8.00. The summed E-state index contributed by atoms with van der Waals surface area (Å²) >= 11 is 0. The van der Waals surface area contributed by atoms with Crippen LogP contribution in [-0.4, -0.2) is 41.7 Å². The van der Waals surface area contributed by atoms with Gasteiger partial charge in [0.2, 0.25) is 0 Å². The molecular weight excluding hydrogens is 426 g/mol. The van der Waals surface area contributed by atoms with Crippen molar-refractivity contribution >= 4 is 17.9 Å². The summed E-state index contributed by atoms with van der Waals surface area (Å²) in [6, 6.07) is 4.44. The van der Waals surface area contributed by atoms with E-state index < -0.39 is 11.9 Å². The van der Waals surface area contributed by atoms with E-state index in [1.165, 1.54) is 19.3 Å². The molecule has 2 fully saturated rings. The molecule has 0 aromatic carbocycles. The fourth-order valence-electron chi connectivity index (χ4n) is 5.64. The number of hydrogen-bond donors (Lipinski definition) is 2. The quantitative estimate of drug-likeness (QED) is 0.370. The number of allylic oxidation sites excluding steroid dienone is 1. The number of carbonyl (C=O) groups excluding carboxylic acids is 2. The molecule has 2 aliphatic carbocycles. The third kappa shape index (κ3) is 6.05. The summed E-state index contributed by atoms with van der Waals surface area (Å²) in [4.78, 5) is 30.6. The molecule has 4 rings (SSSR count). The van der Waals surface area contributed by atoms with Gasteiger partial charge in [-0.15, -0.1) is 0 Å². The van der Waals surface area contributed by atoms with Gasteiger partial charge in [-0.05, 0) is 49.7 Å². The first kappa shape index (κ1) is 25.0. The first-order valence-electron chi connectivity index (χ1n) is 11.8. The predicted molar refractivity (Wildman–Crippen MR) is 117 cm³/mol. The molecule has 1 aromatic heterocycles. The molecule has 1 aliphatic heterocycles. The number of quaternary nitrogens is 1. The van der Waals surface area contributed by atoms with Gasteiger partial charge in [0, 0.05) is 18.8 Å². The molecule has 1 saturated heterocycles. The van der Waals surface area contributed by atoms with Crippen molar-refractivity contribution in [3.63, 3.8) is 0 Å². The summed E-state index contributed by atoms with van der Waals surface area (Å²) < 4.78 is 11.3. The van der Waals surface area contributed by atoms with Crippen LogP contribution in [0.4, 0.5) is 0 Å². The van der Waals surface area contributed by atoms with Crippen molar-refractivity contribution in [1.82, 2.24) is 0 Å². The molecule has 1 saturated carbocycles. The Morgan fingerprint density at radius 3 is 2.76 bits per heavy atom. The maximum absolute atomic E-state index is 12.6. The lowest BCUT2D eigenvalue weighted by Gasteiger charge is -2.45. The van der Waals surface area contributed by atoms with Crippen LogP contribution in [0.5, 0.6) is 0 Å². The van der Waals surface area contributed by atoms with Gasteiger partial charge in [-0.25, -0.2) is 4.79 Å². The Bertz CT molecular complexity index is 865. The van der Waals surface area contributed by atoms with E-state index in [9.17, 15) is 4.79 Å². The average molecular weight is 462 g/mol. The zero-order valence-electron chi connectivity index (χ0n) is 19.6. The molecule has 0 amide bonds. The highest BCUT2D eigenvalue weighted by molar-refractivity contribution is 6.26. The van der Waals surface area contributed by atoms with E-state index >= 15 is 0 Å². The van der Waals surface area contributed by atoms with E-state index in [4.69, 9.17) is 29.0 Å². The van der Waals surface area contributed by atoms with E-state index in [1.807, 2.05) is 12.1 Å². The number of carbonyl (C=O) groups is 3. The summed E-state index contributed by atoms with van der Waals surface area (Å²) in [5.41, 5.74) is 1.85. The molecule has 2 heterocycles. The Hall–Kier alpha value is -2.61. The van der Waals surface area contributed by atoms with E-state index in [0.29, 0.717) is 12.0 Å². The van der Waals surface area contributed by atoms with Crippen molar-refractivity contribution in [2.45, 2.75) is 71.4 Å². The van der Waals surface area contributed by atoms with Crippen molar-refractivity contribution in [3.05, 3.63) is 35.8 Å². The number of aryl methyl sites for hydroxylation is 1. The third-order valence-corrected chi connectivity index (χ3v) is 7.47. The number of fused-ring (bicyclic) bond motifs is 2. The minimum Gasteiger partial charge on any atom is -0.539 e. The lowest BCUT2D eigenvalue weighted by Crippen LogP contribution is -2.90. The molecule has 3 aliphatic rings. The van der Waals surface area contributed by atoms with Crippen molar-refractivity contribution in [1.29, 1.82) is 0 Å². The van der Waals surface area contributed by atoms with Gasteiger partial charge in [-0.3, -0.25) is 4.79 Å². The molecule has 0 spiro atoms. The lowest BCUT2D eigenvalue weighted by atomic mass is 9.59. The number of esters is 1. The fourth-order valence-corrected chi connectivity index (χ4v) is 5.64. The summed E-state index contributed by atoms with van der Waals surface area (Å²) in [5.74, 6) is -2.02. The SMILES string of the molecule is CC(CCc1ccco1)[NH2+]CC1C(=O)OC2CC3(C)CCCC(C)C3=CC21.O=C([O-])C(=O)O. The largest absolute Gasteiger partial charge is 0.539 e. The number of hydrogen-bond acceptors (Lipinski definition) is 6. The van der Waals surface area contributed by atoms with Crippen LogP contribution in [0, 0.1) is 23.2 Å². The van der Waals surface area contributed by atoms with Crippen LogP contribution >= 0.6 is 0 Å². The highest BCUT2D eigenvalue weighted by Gasteiger charge is 2.52. The molecule has 6 atom stereocenters. The molecule has 0 radical (unpaired) electrons.